The molecule has 3 aromatic rings. The van der Waals surface area contributed by atoms with Crippen molar-refractivity contribution in [2.45, 2.75) is 13.1 Å². The molecule has 0 bridgehead atoms. The molecular weight excluding hydrogens is 367 g/mol. The first-order valence-corrected chi connectivity index (χ1v) is 7.85. The first-order valence-electron chi connectivity index (χ1n) is 7.47. The zero-order chi connectivity index (χ0) is 19.1. The lowest BCUT2D eigenvalue weighted by Crippen LogP contribution is -2.04. The Bertz CT molecular complexity index is 1030. The minimum absolute atomic E-state index is 0.0610. The van der Waals surface area contributed by atoms with Crippen molar-refractivity contribution < 1.29 is 18.3 Å². The van der Waals surface area contributed by atoms with Crippen LogP contribution in [0.15, 0.2) is 52.7 Å². The van der Waals surface area contributed by atoms with Gasteiger partial charge in [-0.15, -0.1) is 10.2 Å². The van der Waals surface area contributed by atoms with Crippen molar-refractivity contribution in [3.05, 3.63) is 58.6 Å². The smallest absolute Gasteiger partial charge is 0.418 e. The van der Waals surface area contributed by atoms with Crippen LogP contribution in [0.5, 0.6) is 5.75 Å². The lowest BCUT2D eigenvalue weighted by Gasteiger charge is -2.10. The second-order valence-corrected chi connectivity index (χ2v) is 6.18. The highest BCUT2D eigenvalue weighted by molar-refractivity contribution is 6.30. The van der Waals surface area contributed by atoms with Gasteiger partial charge in [-0.25, -0.2) is 0 Å². The van der Waals surface area contributed by atoms with Crippen LogP contribution in [0.4, 0.5) is 30.2 Å². The van der Waals surface area contributed by atoms with Gasteiger partial charge in [0.1, 0.15) is 11.4 Å². The second kappa shape index (κ2) is 6.49. The fourth-order valence-electron chi connectivity index (χ4n) is 2.62. The molecule has 0 spiro atoms. The molecule has 0 aliphatic heterocycles. The van der Waals surface area contributed by atoms with Gasteiger partial charge in [-0.05, 0) is 48.2 Å². The van der Waals surface area contributed by atoms with E-state index in [0.717, 1.165) is 17.7 Å². The van der Waals surface area contributed by atoms with E-state index in [9.17, 15) is 18.3 Å². The molecule has 0 radical (unpaired) electrons. The van der Waals surface area contributed by atoms with E-state index >= 15 is 0 Å². The molecule has 3 N–H and O–H groups in total. The summed E-state index contributed by atoms with van der Waals surface area (Å²) in [5.74, 6) is -0.0756. The van der Waals surface area contributed by atoms with Gasteiger partial charge in [0, 0.05) is 5.02 Å². The Balaban J connectivity index is 2.18. The molecule has 0 aromatic heterocycles. The Kier molecular flexibility index (Phi) is 4.50. The van der Waals surface area contributed by atoms with Crippen LogP contribution in [0.2, 0.25) is 5.02 Å². The zero-order valence-corrected chi connectivity index (χ0v) is 14.2. The van der Waals surface area contributed by atoms with E-state index in [1.165, 1.54) is 12.1 Å². The first-order chi connectivity index (χ1) is 12.2. The standard InChI is InChI=1S/C18H13ClF3N3O/c1-9-6-10-2-4-13(23)17(16(10)15(26)7-9)25-24-14-5-3-11(19)8-12(14)18(20,21)22/h2-8,26H,23H2,1H3. The molecule has 0 aliphatic rings. The van der Waals surface area contributed by atoms with Crippen molar-refractivity contribution in [2.75, 3.05) is 5.73 Å². The third-order valence-corrected chi connectivity index (χ3v) is 4.00. The minimum atomic E-state index is -4.64. The molecule has 0 amide bonds. The number of anilines is 1. The molecule has 3 aromatic carbocycles. The molecule has 0 atom stereocenters. The van der Waals surface area contributed by atoms with Gasteiger partial charge in [-0.1, -0.05) is 23.7 Å². The average molecular weight is 380 g/mol. The highest BCUT2D eigenvalue weighted by Gasteiger charge is 2.34. The maximum atomic E-state index is 13.2. The Labute approximate surface area is 151 Å². The summed E-state index contributed by atoms with van der Waals surface area (Å²) in [6.45, 7) is 1.81. The molecule has 26 heavy (non-hydrogen) atoms. The summed E-state index contributed by atoms with van der Waals surface area (Å²) in [6, 6.07) is 9.77. The van der Waals surface area contributed by atoms with Crippen LogP contribution in [0.1, 0.15) is 11.1 Å². The molecule has 8 heteroatoms. The van der Waals surface area contributed by atoms with Crippen LogP contribution in [-0.2, 0) is 6.18 Å². The summed E-state index contributed by atoms with van der Waals surface area (Å²) < 4.78 is 39.5. The average Bonchev–Trinajstić information content (AvgIpc) is 2.54. The van der Waals surface area contributed by atoms with Crippen molar-refractivity contribution in [3.63, 3.8) is 0 Å². The summed E-state index contributed by atoms with van der Waals surface area (Å²) in [7, 11) is 0. The number of aryl methyl sites for hydroxylation is 1. The number of benzene rings is 3. The van der Waals surface area contributed by atoms with Gasteiger partial charge in [-0.2, -0.15) is 13.2 Å². The van der Waals surface area contributed by atoms with Crippen molar-refractivity contribution in [2.24, 2.45) is 10.2 Å². The number of aromatic hydroxyl groups is 1. The van der Waals surface area contributed by atoms with E-state index in [-0.39, 0.29) is 22.1 Å². The van der Waals surface area contributed by atoms with Crippen molar-refractivity contribution in [1.82, 2.24) is 0 Å². The van der Waals surface area contributed by atoms with Crippen LogP contribution in [0, 0.1) is 6.92 Å². The van der Waals surface area contributed by atoms with Gasteiger partial charge in [0.15, 0.2) is 0 Å². The fourth-order valence-corrected chi connectivity index (χ4v) is 2.79. The highest BCUT2D eigenvalue weighted by atomic mass is 35.5. The maximum Gasteiger partial charge on any atom is 0.418 e. The number of rotatable bonds is 2. The van der Waals surface area contributed by atoms with E-state index in [1.54, 1.807) is 25.1 Å². The number of hydrogen-bond acceptors (Lipinski definition) is 4. The van der Waals surface area contributed by atoms with Crippen LogP contribution in [-0.4, -0.2) is 5.11 Å². The Hall–Kier alpha value is -2.80. The Morgan fingerprint density at radius 2 is 1.77 bits per heavy atom. The summed E-state index contributed by atoms with van der Waals surface area (Å²) >= 11 is 5.65. The van der Waals surface area contributed by atoms with Gasteiger partial charge < -0.3 is 10.8 Å². The van der Waals surface area contributed by atoms with Crippen LogP contribution in [0.25, 0.3) is 10.8 Å². The second-order valence-electron chi connectivity index (χ2n) is 5.74. The fraction of sp³-hybridized carbons (Fsp3) is 0.111. The molecule has 0 heterocycles. The highest BCUT2D eigenvalue weighted by Crippen LogP contribution is 2.42. The number of nitrogens with two attached hydrogens (primary N) is 1. The number of phenols is 1. The largest absolute Gasteiger partial charge is 0.507 e. The van der Waals surface area contributed by atoms with Crippen molar-refractivity contribution in [3.8, 4) is 5.75 Å². The maximum absolute atomic E-state index is 13.2. The lowest BCUT2D eigenvalue weighted by atomic mass is 10.0. The Morgan fingerprint density at radius 3 is 2.46 bits per heavy atom. The van der Waals surface area contributed by atoms with Gasteiger partial charge in [0.2, 0.25) is 0 Å². The van der Waals surface area contributed by atoms with Gasteiger partial charge >= 0.3 is 6.18 Å². The molecular formula is C18H13ClF3N3O. The van der Waals surface area contributed by atoms with Crippen LogP contribution < -0.4 is 5.73 Å². The number of fused-ring (bicyclic) bond motifs is 1. The molecule has 0 saturated carbocycles. The molecule has 0 aliphatic carbocycles. The third-order valence-electron chi connectivity index (χ3n) is 3.77. The summed E-state index contributed by atoms with van der Waals surface area (Å²) in [6.07, 6.45) is -4.64. The normalized spacial score (nSPS) is 12.2. The lowest BCUT2D eigenvalue weighted by molar-refractivity contribution is -0.137. The number of azo groups is 1. The third kappa shape index (κ3) is 3.43. The zero-order valence-electron chi connectivity index (χ0n) is 13.5. The topological polar surface area (TPSA) is 71.0 Å². The molecule has 4 nitrogen and oxygen atoms in total. The van der Waals surface area contributed by atoms with E-state index in [4.69, 9.17) is 17.3 Å². The van der Waals surface area contributed by atoms with Crippen molar-refractivity contribution >= 4 is 39.4 Å². The van der Waals surface area contributed by atoms with E-state index in [2.05, 4.69) is 10.2 Å². The van der Waals surface area contributed by atoms with Gasteiger partial charge in [0.25, 0.3) is 0 Å². The summed E-state index contributed by atoms with van der Waals surface area (Å²) in [5, 5.41) is 18.7. The number of alkyl halides is 3. The van der Waals surface area contributed by atoms with Gasteiger partial charge in [-0.3, -0.25) is 0 Å². The van der Waals surface area contributed by atoms with Crippen LogP contribution >= 0.6 is 11.6 Å². The SMILES string of the molecule is Cc1cc(O)c2c(N=Nc3ccc(Cl)cc3C(F)(F)F)c(N)ccc2c1. The molecule has 3 rings (SSSR count). The predicted molar refractivity (Wildman–Crippen MR) is 95.4 cm³/mol. The summed E-state index contributed by atoms with van der Waals surface area (Å²) in [4.78, 5) is 0. The van der Waals surface area contributed by atoms with E-state index in [0.29, 0.717) is 10.8 Å². The van der Waals surface area contributed by atoms with Crippen LogP contribution in [0.3, 0.4) is 0 Å². The van der Waals surface area contributed by atoms with Gasteiger partial charge in [0.05, 0.1) is 22.3 Å². The number of halogens is 4. The molecule has 0 unspecified atom stereocenters. The number of nitrogen functional groups attached to an aromatic ring is 1. The Morgan fingerprint density at radius 1 is 1.04 bits per heavy atom. The van der Waals surface area contributed by atoms with E-state index in [1.807, 2.05) is 0 Å². The quantitative estimate of drug-likeness (QED) is 0.393. The van der Waals surface area contributed by atoms with E-state index < -0.39 is 17.4 Å². The summed E-state index contributed by atoms with van der Waals surface area (Å²) in [5.41, 5.74) is 5.59. The first kappa shape index (κ1) is 18.0. The number of nitrogens with zero attached hydrogens (tertiary/aromatic N) is 2. The number of hydrogen-bond donors (Lipinski definition) is 2. The molecule has 134 valence electrons. The molecule has 0 saturated heterocycles. The monoisotopic (exact) mass is 379 g/mol. The predicted octanol–water partition coefficient (Wildman–Crippen LogP) is 6.52. The van der Waals surface area contributed by atoms with Crippen molar-refractivity contribution in [1.29, 1.82) is 0 Å². The minimum Gasteiger partial charge on any atom is -0.507 e. The molecule has 0 fully saturated rings. The number of phenolic OH excluding ortho intramolecular Hbond substituents is 1.